The molecule has 1 N–H and O–H groups in total. The molecule has 0 aromatic carbocycles. The highest BCUT2D eigenvalue weighted by Crippen LogP contribution is 2.32. The number of hydrogen-bond donors (Lipinski definition) is 1. The average Bonchev–Trinajstić information content (AvgIpc) is 3.16. The van der Waals surface area contributed by atoms with Gasteiger partial charge in [-0.15, -0.1) is 0 Å². The number of esters is 3. The first-order chi connectivity index (χ1) is 27.4. The Balaban J connectivity index is 4.34. The summed E-state index contributed by atoms with van der Waals surface area (Å²) in [5, 5.41) is 2.68. The molecule has 2 unspecified atom stereocenters. The zero-order valence-corrected chi connectivity index (χ0v) is 37.9. The van der Waals surface area contributed by atoms with Crippen molar-refractivity contribution >= 4 is 24.0 Å². The molecule has 0 aromatic rings. The number of rotatable bonds is 40. The van der Waals surface area contributed by atoms with Crippen LogP contribution in [0.15, 0.2) is 12.7 Å². The molecule has 0 radical (unpaired) electrons. The quantitative estimate of drug-likeness (QED) is 0.0281. The minimum absolute atomic E-state index is 0.0279. The van der Waals surface area contributed by atoms with Crippen LogP contribution in [-0.4, -0.2) is 55.0 Å². The first-order valence-electron chi connectivity index (χ1n) is 23.6. The van der Waals surface area contributed by atoms with Gasteiger partial charge in [-0.05, 0) is 85.0 Å². The average molecular weight is 808 g/mol. The van der Waals surface area contributed by atoms with Gasteiger partial charge in [0, 0.05) is 18.9 Å². The van der Waals surface area contributed by atoms with Crippen molar-refractivity contribution in [3.63, 3.8) is 0 Å². The highest BCUT2D eigenvalue weighted by Gasteiger charge is 2.32. The molecule has 0 rings (SSSR count). The van der Waals surface area contributed by atoms with E-state index in [0.717, 1.165) is 96.0 Å². The Morgan fingerprint density at radius 2 is 1.00 bits per heavy atom. The standard InChI is InChI=1S/C48H89NO8/c1-8-11-13-27-33-42(34-28-23-19-15-17-21-25-31-37-45(51)55-41(4)5)48(6,7)57-46(52)38-32-26-22-18-16-20-24-30-36-43(35-29-14-12-9-2)56-47(53)49-39-40-54-44(50)10-3/h10,41-43H,3,8-9,11-40H2,1-2,4-7H3,(H,49,53). The van der Waals surface area contributed by atoms with Gasteiger partial charge >= 0.3 is 24.0 Å². The van der Waals surface area contributed by atoms with Crippen LogP contribution < -0.4 is 5.32 Å². The summed E-state index contributed by atoms with van der Waals surface area (Å²) in [5.74, 6) is -0.237. The van der Waals surface area contributed by atoms with E-state index in [1.54, 1.807) is 0 Å². The molecule has 1 amide bonds. The van der Waals surface area contributed by atoms with E-state index in [-0.39, 0.29) is 37.3 Å². The Morgan fingerprint density at radius 1 is 0.579 bits per heavy atom. The largest absolute Gasteiger partial charge is 0.463 e. The highest BCUT2D eigenvalue weighted by molar-refractivity contribution is 5.81. The third-order valence-corrected chi connectivity index (χ3v) is 10.9. The van der Waals surface area contributed by atoms with Crippen LogP contribution in [0.3, 0.4) is 0 Å². The fraction of sp³-hybridized carbons (Fsp3) is 0.875. The summed E-state index contributed by atoms with van der Waals surface area (Å²) in [4.78, 5) is 48.1. The van der Waals surface area contributed by atoms with Crippen molar-refractivity contribution in [1.29, 1.82) is 0 Å². The Hall–Kier alpha value is -2.58. The summed E-state index contributed by atoms with van der Waals surface area (Å²) in [6, 6.07) is 0. The van der Waals surface area contributed by atoms with Crippen LogP contribution in [-0.2, 0) is 33.3 Å². The molecule has 0 spiro atoms. The van der Waals surface area contributed by atoms with Crippen molar-refractivity contribution in [2.24, 2.45) is 5.92 Å². The van der Waals surface area contributed by atoms with Gasteiger partial charge in [0.1, 0.15) is 18.3 Å². The van der Waals surface area contributed by atoms with E-state index in [9.17, 15) is 19.2 Å². The number of alkyl carbamates (subject to hydrolysis) is 1. The van der Waals surface area contributed by atoms with Crippen molar-refractivity contribution in [3.05, 3.63) is 12.7 Å². The Morgan fingerprint density at radius 3 is 1.46 bits per heavy atom. The maximum Gasteiger partial charge on any atom is 0.407 e. The van der Waals surface area contributed by atoms with Crippen LogP contribution in [0.4, 0.5) is 4.79 Å². The van der Waals surface area contributed by atoms with E-state index >= 15 is 0 Å². The fourth-order valence-corrected chi connectivity index (χ4v) is 7.45. The highest BCUT2D eigenvalue weighted by atomic mass is 16.6. The topological polar surface area (TPSA) is 117 Å². The molecule has 0 aromatic heterocycles. The Labute approximate surface area is 350 Å². The molecule has 9 heteroatoms. The lowest BCUT2D eigenvalue weighted by Gasteiger charge is -2.34. The number of carbonyl (C=O) groups excluding carboxylic acids is 4. The summed E-state index contributed by atoms with van der Waals surface area (Å²) in [6.07, 6.45) is 33.1. The van der Waals surface area contributed by atoms with Gasteiger partial charge in [-0.3, -0.25) is 9.59 Å². The molecule has 0 aliphatic carbocycles. The lowest BCUT2D eigenvalue weighted by molar-refractivity contribution is -0.162. The van der Waals surface area contributed by atoms with Gasteiger partial charge in [0.2, 0.25) is 0 Å². The molecule has 0 aliphatic heterocycles. The molecule has 0 saturated carbocycles. The van der Waals surface area contributed by atoms with Crippen LogP contribution >= 0.6 is 0 Å². The minimum atomic E-state index is -0.507. The predicted octanol–water partition coefficient (Wildman–Crippen LogP) is 13.4. The molecule has 0 bridgehead atoms. The normalized spacial score (nSPS) is 12.5. The maximum absolute atomic E-state index is 13.0. The lowest BCUT2D eigenvalue weighted by atomic mass is 9.82. The fourth-order valence-electron chi connectivity index (χ4n) is 7.45. The van der Waals surface area contributed by atoms with E-state index in [2.05, 4.69) is 39.6 Å². The van der Waals surface area contributed by atoms with Crippen molar-refractivity contribution in [3.8, 4) is 0 Å². The van der Waals surface area contributed by atoms with Crippen molar-refractivity contribution in [2.75, 3.05) is 13.2 Å². The van der Waals surface area contributed by atoms with E-state index < -0.39 is 17.7 Å². The van der Waals surface area contributed by atoms with Crippen molar-refractivity contribution in [2.45, 2.75) is 252 Å². The van der Waals surface area contributed by atoms with Crippen molar-refractivity contribution < 1.29 is 38.1 Å². The van der Waals surface area contributed by atoms with Gasteiger partial charge < -0.3 is 24.3 Å². The number of hydrogen-bond acceptors (Lipinski definition) is 8. The van der Waals surface area contributed by atoms with Crippen LogP contribution in [0.1, 0.15) is 234 Å². The molecule has 2 atom stereocenters. The molecular formula is C48H89NO8. The number of nitrogens with one attached hydrogen (secondary N) is 1. The Bertz CT molecular complexity index is 1010. The summed E-state index contributed by atoms with van der Waals surface area (Å²) in [5.41, 5.74) is -0.439. The van der Waals surface area contributed by atoms with Crippen molar-refractivity contribution in [1.82, 2.24) is 5.32 Å². The lowest BCUT2D eigenvalue weighted by Crippen LogP contribution is -2.37. The smallest absolute Gasteiger partial charge is 0.407 e. The maximum atomic E-state index is 13.0. The van der Waals surface area contributed by atoms with Crippen LogP contribution in [0.25, 0.3) is 0 Å². The van der Waals surface area contributed by atoms with Gasteiger partial charge in [-0.2, -0.15) is 0 Å². The van der Waals surface area contributed by atoms with Crippen LogP contribution in [0.5, 0.6) is 0 Å². The van der Waals surface area contributed by atoms with Gasteiger partial charge in [0.05, 0.1) is 12.6 Å². The zero-order chi connectivity index (χ0) is 42.4. The third-order valence-electron chi connectivity index (χ3n) is 10.9. The molecule has 334 valence electrons. The second-order valence-corrected chi connectivity index (χ2v) is 17.1. The second-order valence-electron chi connectivity index (χ2n) is 17.1. The molecule has 0 fully saturated rings. The summed E-state index contributed by atoms with van der Waals surface area (Å²) in [7, 11) is 0. The van der Waals surface area contributed by atoms with Crippen LogP contribution in [0.2, 0.25) is 0 Å². The summed E-state index contributed by atoms with van der Waals surface area (Å²) >= 11 is 0. The Kier molecular flexibility index (Phi) is 36.0. The molecule has 9 nitrogen and oxygen atoms in total. The monoisotopic (exact) mass is 808 g/mol. The first kappa shape index (κ1) is 54.4. The van der Waals surface area contributed by atoms with Crippen LogP contribution in [0, 0.1) is 5.92 Å². The minimum Gasteiger partial charge on any atom is -0.463 e. The third kappa shape index (κ3) is 35.1. The van der Waals surface area contributed by atoms with Gasteiger partial charge in [0.15, 0.2) is 0 Å². The van der Waals surface area contributed by atoms with Gasteiger partial charge in [-0.25, -0.2) is 9.59 Å². The molecule has 57 heavy (non-hydrogen) atoms. The first-order valence-corrected chi connectivity index (χ1v) is 23.6. The van der Waals surface area contributed by atoms with E-state index in [1.165, 1.54) is 89.9 Å². The molecule has 0 aliphatic rings. The zero-order valence-electron chi connectivity index (χ0n) is 37.9. The molecule has 0 saturated heterocycles. The number of amides is 1. The number of unbranched alkanes of at least 4 members (excludes halogenated alkanes) is 20. The SMILES string of the molecule is C=CC(=O)OCCNC(=O)OC(CCCCCC)CCCCCCCCCCC(=O)OC(C)(C)C(CCCCCC)CCCCCCCCCCC(=O)OC(C)C. The van der Waals surface area contributed by atoms with E-state index in [4.69, 9.17) is 18.9 Å². The number of ether oxygens (including phenoxy) is 4. The van der Waals surface area contributed by atoms with E-state index in [0.29, 0.717) is 18.8 Å². The van der Waals surface area contributed by atoms with Gasteiger partial charge in [0.25, 0.3) is 0 Å². The number of carbonyl (C=O) groups is 4. The molecular weight excluding hydrogens is 719 g/mol. The second kappa shape index (κ2) is 37.7. The summed E-state index contributed by atoms with van der Waals surface area (Å²) in [6.45, 7) is 16.2. The van der Waals surface area contributed by atoms with Gasteiger partial charge in [-0.1, -0.05) is 149 Å². The predicted molar refractivity (Wildman–Crippen MR) is 234 cm³/mol. The van der Waals surface area contributed by atoms with E-state index in [1.807, 2.05) is 13.8 Å². The summed E-state index contributed by atoms with van der Waals surface area (Å²) < 4.78 is 22.0. The molecule has 0 heterocycles.